The van der Waals surface area contributed by atoms with Crippen molar-refractivity contribution in [3.8, 4) is 17.2 Å². The van der Waals surface area contributed by atoms with E-state index in [0.29, 0.717) is 70.3 Å². The number of halogens is 2. The summed E-state index contributed by atoms with van der Waals surface area (Å²) >= 11 is 12.1. The lowest BCUT2D eigenvalue weighted by Crippen LogP contribution is -2.45. The van der Waals surface area contributed by atoms with E-state index in [9.17, 15) is 9.90 Å². The zero-order chi connectivity index (χ0) is 31.9. The van der Waals surface area contributed by atoms with Crippen LogP contribution in [0.3, 0.4) is 0 Å². The summed E-state index contributed by atoms with van der Waals surface area (Å²) < 4.78 is 16.9. The Morgan fingerprint density at radius 3 is 2.36 bits per heavy atom. The smallest absolute Gasteiger partial charge is 0.251 e. The fourth-order valence-electron chi connectivity index (χ4n) is 5.61. The highest BCUT2D eigenvalue weighted by Crippen LogP contribution is 2.38. The fraction of sp³-hybridized carbons (Fsp3) is 0.353. The summed E-state index contributed by atoms with van der Waals surface area (Å²) in [7, 11) is 3.21. The molecule has 0 fully saturated rings. The molecule has 0 bridgehead atoms. The number of hydrogen-bond donors (Lipinski definition) is 3. The zero-order valence-corrected chi connectivity index (χ0v) is 26.9. The first-order chi connectivity index (χ1) is 21.8. The molecular weight excluding hydrogens is 615 g/mol. The number of nitrogens with one attached hydrogen (secondary N) is 1. The summed E-state index contributed by atoms with van der Waals surface area (Å²) in [4.78, 5) is 13.6. The molecule has 1 aliphatic heterocycles. The third-order valence-corrected chi connectivity index (χ3v) is 8.74. The molecule has 3 aromatic rings. The van der Waals surface area contributed by atoms with Gasteiger partial charge in [0.1, 0.15) is 5.75 Å². The molecule has 1 heterocycles. The van der Waals surface area contributed by atoms with Gasteiger partial charge < -0.3 is 30.4 Å². The lowest BCUT2D eigenvalue weighted by molar-refractivity contribution is -0.123. The van der Waals surface area contributed by atoms with E-state index >= 15 is 0 Å². The quantitative estimate of drug-likeness (QED) is 0.111. The Morgan fingerprint density at radius 2 is 1.67 bits per heavy atom. The molecule has 45 heavy (non-hydrogen) atoms. The van der Waals surface area contributed by atoms with Crippen LogP contribution in [0.25, 0.3) is 0 Å². The maximum atomic E-state index is 13.6. The molecule has 3 aromatic carbocycles. The number of ether oxygens (including phenoxy) is 3. The lowest BCUT2D eigenvalue weighted by Gasteiger charge is -2.37. The standard InChI is InChI=1S/C34H38Cl2N4O5/c1-43-30-14-9-21(19-31(30)44-2)33-25-7-3-4-8-26(25)34(42)40(39-33)23-10-12-24(13-11-23)45-16-6-5-15-38-20-29(41)22-17-27(35)32(37)28(36)18-22/h3-4,9-14,17-19,25-26,29,38,41H,5-8,15-16,20,37H2,1-2H3/t25-,26+,29?/m0/s1. The molecule has 0 saturated carbocycles. The molecule has 3 atom stereocenters. The van der Waals surface area contributed by atoms with Gasteiger partial charge in [0.2, 0.25) is 0 Å². The van der Waals surface area contributed by atoms with E-state index in [1.807, 2.05) is 42.5 Å². The maximum absolute atomic E-state index is 13.6. The number of allylic oxidation sites excluding steroid dienone is 2. The molecule has 1 unspecified atom stereocenters. The highest BCUT2D eigenvalue weighted by atomic mass is 35.5. The molecule has 5 rings (SSSR count). The van der Waals surface area contributed by atoms with Gasteiger partial charge in [-0.15, -0.1) is 0 Å². The van der Waals surface area contributed by atoms with E-state index in [-0.39, 0.29) is 17.7 Å². The van der Waals surface area contributed by atoms with Crippen LogP contribution in [0, 0.1) is 11.8 Å². The topological polar surface area (TPSA) is 119 Å². The number of nitrogen functional groups attached to an aromatic ring is 1. The van der Waals surface area contributed by atoms with Gasteiger partial charge in [-0.25, -0.2) is 5.01 Å². The number of hydrogen-bond acceptors (Lipinski definition) is 8. The van der Waals surface area contributed by atoms with Gasteiger partial charge in [-0.3, -0.25) is 4.79 Å². The van der Waals surface area contributed by atoms with Crippen LogP contribution in [0.1, 0.15) is 42.9 Å². The van der Waals surface area contributed by atoms with Gasteiger partial charge in [0.25, 0.3) is 5.91 Å². The Balaban J connectivity index is 1.15. The van der Waals surface area contributed by atoms with Crippen molar-refractivity contribution in [2.75, 3.05) is 44.7 Å². The number of nitrogens with two attached hydrogens (primary N) is 1. The summed E-state index contributed by atoms with van der Waals surface area (Å²) in [6, 6.07) is 16.4. The van der Waals surface area contributed by atoms with Crippen LogP contribution < -0.4 is 30.3 Å². The maximum Gasteiger partial charge on any atom is 0.251 e. The Hall–Kier alpha value is -3.76. The number of aliphatic hydroxyl groups excluding tert-OH is 1. The Kier molecular flexibility index (Phi) is 10.9. The molecule has 4 N–H and O–H groups in total. The minimum absolute atomic E-state index is 0.00749. The number of unbranched alkanes of at least 4 members (excludes halogenated alkanes) is 1. The Morgan fingerprint density at radius 1 is 0.978 bits per heavy atom. The predicted molar refractivity (Wildman–Crippen MR) is 179 cm³/mol. The number of rotatable bonds is 13. The molecule has 0 saturated heterocycles. The molecule has 1 amide bonds. The van der Waals surface area contributed by atoms with Gasteiger partial charge in [-0.2, -0.15) is 5.10 Å². The van der Waals surface area contributed by atoms with Crippen molar-refractivity contribution in [1.29, 1.82) is 0 Å². The van der Waals surface area contributed by atoms with E-state index in [1.165, 1.54) is 5.01 Å². The minimum atomic E-state index is -0.748. The minimum Gasteiger partial charge on any atom is -0.494 e. The van der Waals surface area contributed by atoms with Crippen molar-refractivity contribution in [3.05, 3.63) is 87.9 Å². The SMILES string of the molecule is COc1ccc(C2=NN(c3ccc(OCCCCNCC(O)c4cc(Cl)c(N)c(Cl)c4)cc3)C(=O)[C@@H]3CC=CC[C@H]23)cc1OC. The highest BCUT2D eigenvalue weighted by Gasteiger charge is 2.40. The number of anilines is 2. The van der Waals surface area contributed by atoms with Gasteiger partial charge in [0, 0.05) is 18.0 Å². The van der Waals surface area contributed by atoms with Crippen LogP contribution in [0.15, 0.2) is 71.9 Å². The second-order valence-corrected chi connectivity index (χ2v) is 11.8. The average molecular weight is 654 g/mol. The zero-order valence-electron chi connectivity index (χ0n) is 25.3. The highest BCUT2D eigenvalue weighted by molar-refractivity contribution is 6.38. The van der Waals surface area contributed by atoms with E-state index in [0.717, 1.165) is 30.5 Å². The molecule has 11 heteroatoms. The predicted octanol–water partition coefficient (Wildman–Crippen LogP) is 6.41. The van der Waals surface area contributed by atoms with E-state index in [1.54, 1.807) is 26.4 Å². The van der Waals surface area contributed by atoms with Crippen LogP contribution >= 0.6 is 23.2 Å². The van der Waals surface area contributed by atoms with Gasteiger partial charge in [0.05, 0.1) is 60.0 Å². The number of hydrazone groups is 1. The van der Waals surface area contributed by atoms with Crippen molar-refractivity contribution in [2.45, 2.75) is 31.8 Å². The molecule has 9 nitrogen and oxygen atoms in total. The normalized spacial score (nSPS) is 18.3. The van der Waals surface area contributed by atoms with Gasteiger partial charge >= 0.3 is 0 Å². The van der Waals surface area contributed by atoms with Gasteiger partial charge in [-0.05, 0) is 92.4 Å². The monoisotopic (exact) mass is 652 g/mol. The van der Waals surface area contributed by atoms with Crippen LogP contribution in [0.5, 0.6) is 17.2 Å². The molecule has 0 spiro atoms. The first-order valence-electron chi connectivity index (χ1n) is 15.0. The Bertz CT molecular complexity index is 1540. The summed E-state index contributed by atoms with van der Waals surface area (Å²) in [6.45, 7) is 1.61. The van der Waals surface area contributed by atoms with Crippen LogP contribution in [0.2, 0.25) is 10.0 Å². The number of fused-ring (bicyclic) bond motifs is 1. The van der Waals surface area contributed by atoms with Crippen molar-refractivity contribution in [3.63, 3.8) is 0 Å². The van der Waals surface area contributed by atoms with Crippen molar-refractivity contribution < 1.29 is 24.1 Å². The average Bonchev–Trinajstić information content (AvgIpc) is 3.06. The lowest BCUT2D eigenvalue weighted by atomic mass is 9.76. The van der Waals surface area contributed by atoms with Crippen LogP contribution in [0.4, 0.5) is 11.4 Å². The molecule has 238 valence electrons. The van der Waals surface area contributed by atoms with Gasteiger partial charge in [0.15, 0.2) is 11.5 Å². The second kappa shape index (κ2) is 15.0. The second-order valence-electron chi connectivity index (χ2n) is 11.0. The molecule has 0 radical (unpaired) electrons. The number of amides is 1. The molecule has 0 aromatic heterocycles. The number of nitrogens with zero attached hydrogens (tertiary/aromatic N) is 2. The summed E-state index contributed by atoms with van der Waals surface area (Å²) in [5, 5.41) is 20.7. The largest absolute Gasteiger partial charge is 0.494 e. The number of carbonyl (C=O) groups is 1. The van der Waals surface area contributed by atoms with Crippen molar-refractivity contribution in [1.82, 2.24) is 5.32 Å². The summed E-state index contributed by atoms with van der Waals surface area (Å²) in [6.07, 6.45) is 6.57. The molecule has 1 aliphatic carbocycles. The third-order valence-electron chi connectivity index (χ3n) is 8.12. The van der Waals surface area contributed by atoms with E-state index in [4.69, 9.17) is 48.2 Å². The van der Waals surface area contributed by atoms with Crippen molar-refractivity contribution in [2.24, 2.45) is 16.9 Å². The van der Waals surface area contributed by atoms with Gasteiger partial charge in [-0.1, -0.05) is 35.4 Å². The number of benzene rings is 3. The Labute approximate surface area is 273 Å². The number of methoxy groups -OCH3 is 2. The number of aliphatic hydroxyl groups is 1. The van der Waals surface area contributed by atoms with Crippen LogP contribution in [-0.4, -0.2) is 50.6 Å². The summed E-state index contributed by atoms with van der Waals surface area (Å²) in [5.41, 5.74) is 9.13. The fourth-order valence-corrected chi connectivity index (χ4v) is 6.11. The van der Waals surface area contributed by atoms with E-state index < -0.39 is 6.10 Å². The van der Waals surface area contributed by atoms with Crippen LogP contribution in [-0.2, 0) is 4.79 Å². The third kappa shape index (κ3) is 7.56. The first-order valence-corrected chi connectivity index (χ1v) is 15.7. The van der Waals surface area contributed by atoms with Crippen molar-refractivity contribution >= 4 is 46.2 Å². The summed E-state index contributed by atoms with van der Waals surface area (Å²) in [5.74, 6) is 1.76. The molecular formula is C34H38Cl2N4O5. The van der Waals surface area contributed by atoms with E-state index in [2.05, 4.69) is 17.5 Å². The molecule has 2 aliphatic rings. The number of carbonyl (C=O) groups excluding carboxylic acids is 1. The first kappa shape index (κ1) is 32.6.